The predicted octanol–water partition coefficient (Wildman–Crippen LogP) is 2.04. The van der Waals surface area contributed by atoms with E-state index in [1.165, 1.54) is 11.1 Å². The largest absolute Gasteiger partial charge is 0.372 e. The van der Waals surface area contributed by atoms with Crippen molar-refractivity contribution in [1.82, 2.24) is 0 Å². The monoisotopic (exact) mass is 191 g/mol. The van der Waals surface area contributed by atoms with E-state index in [0.29, 0.717) is 0 Å². The van der Waals surface area contributed by atoms with Crippen LogP contribution in [0.25, 0.3) is 0 Å². The van der Waals surface area contributed by atoms with Crippen LogP contribution in [0.5, 0.6) is 0 Å². The molecule has 1 heterocycles. The molecular formula is C12H17NO. The highest BCUT2D eigenvalue weighted by atomic mass is 16.5. The molecule has 0 spiro atoms. The van der Waals surface area contributed by atoms with Crippen LogP contribution >= 0.6 is 0 Å². The molecule has 2 N–H and O–H groups in total. The number of nitrogens with two attached hydrogens (primary N) is 1. The van der Waals surface area contributed by atoms with E-state index in [1.807, 2.05) is 0 Å². The van der Waals surface area contributed by atoms with Crippen LogP contribution in [0.2, 0.25) is 0 Å². The van der Waals surface area contributed by atoms with Crippen molar-refractivity contribution in [2.24, 2.45) is 5.73 Å². The topological polar surface area (TPSA) is 35.2 Å². The van der Waals surface area contributed by atoms with Gasteiger partial charge in [-0.25, -0.2) is 0 Å². The molecule has 2 nitrogen and oxygen atoms in total. The molecule has 2 unspecified atom stereocenters. The van der Waals surface area contributed by atoms with Crippen molar-refractivity contribution < 1.29 is 4.74 Å². The Morgan fingerprint density at radius 3 is 3.07 bits per heavy atom. The third-order valence-electron chi connectivity index (χ3n) is 2.89. The van der Waals surface area contributed by atoms with Crippen LogP contribution in [0.1, 0.15) is 30.6 Å². The Balaban J connectivity index is 2.30. The smallest absolute Gasteiger partial charge is 0.0978 e. The number of hydrogen-bond acceptors (Lipinski definition) is 2. The van der Waals surface area contributed by atoms with Crippen LogP contribution in [-0.2, 0) is 11.2 Å². The highest BCUT2D eigenvalue weighted by molar-refractivity contribution is 5.31. The maximum Gasteiger partial charge on any atom is 0.0978 e. The maximum atomic E-state index is 6.04. The van der Waals surface area contributed by atoms with Gasteiger partial charge >= 0.3 is 0 Å². The van der Waals surface area contributed by atoms with Gasteiger partial charge in [-0.2, -0.15) is 0 Å². The molecule has 76 valence electrons. The summed E-state index contributed by atoms with van der Waals surface area (Å²) in [6.07, 6.45) is 2.08. The van der Waals surface area contributed by atoms with E-state index in [-0.39, 0.29) is 12.1 Å². The molecule has 2 atom stereocenters. The highest BCUT2D eigenvalue weighted by Crippen LogP contribution is 2.29. The molecular weight excluding hydrogens is 174 g/mol. The summed E-state index contributed by atoms with van der Waals surface area (Å²) in [7, 11) is 0. The number of rotatable bonds is 2. The fraction of sp³-hybridized carbons (Fsp3) is 0.500. The van der Waals surface area contributed by atoms with Crippen LogP contribution in [-0.4, -0.2) is 12.6 Å². The van der Waals surface area contributed by atoms with Gasteiger partial charge in [-0.1, -0.05) is 31.2 Å². The zero-order valence-electron chi connectivity index (χ0n) is 8.57. The van der Waals surface area contributed by atoms with Crippen LogP contribution in [0.15, 0.2) is 24.3 Å². The van der Waals surface area contributed by atoms with E-state index in [1.54, 1.807) is 0 Å². The van der Waals surface area contributed by atoms with Crippen molar-refractivity contribution in [3.8, 4) is 0 Å². The molecule has 1 aliphatic rings. The summed E-state index contributed by atoms with van der Waals surface area (Å²) in [5, 5.41) is 0. The summed E-state index contributed by atoms with van der Waals surface area (Å²) in [6, 6.07) is 8.57. The van der Waals surface area contributed by atoms with Crippen LogP contribution in [0.4, 0.5) is 0 Å². The first-order chi connectivity index (χ1) is 6.83. The van der Waals surface area contributed by atoms with Crippen LogP contribution < -0.4 is 5.73 Å². The molecule has 0 saturated heterocycles. The van der Waals surface area contributed by atoms with Crippen molar-refractivity contribution in [3.05, 3.63) is 35.4 Å². The normalized spacial score (nSPS) is 22.9. The molecule has 0 radical (unpaired) electrons. The standard InChI is InChI=1S/C12H17NO/c1-2-11(13)12-10-6-4-3-5-9(10)7-8-14-12/h3-6,11-12H,2,7-8,13H2,1H3. The van der Waals surface area contributed by atoms with E-state index >= 15 is 0 Å². The summed E-state index contributed by atoms with van der Waals surface area (Å²) >= 11 is 0. The van der Waals surface area contributed by atoms with Gasteiger partial charge in [0.1, 0.15) is 0 Å². The minimum absolute atomic E-state index is 0.102. The average Bonchev–Trinajstić information content (AvgIpc) is 2.27. The second kappa shape index (κ2) is 4.11. The first kappa shape index (κ1) is 9.69. The molecule has 0 amide bonds. The molecule has 0 fully saturated rings. The molecule has 0 aromatic heterocycles. The molecule has 14 heavy (non-hydrogen) atoms. The second-order valence-corrected chi connectivity index (χ2v) is 3.81. The summed E-state index contributed by atoms with van der Waals surface area (Å²) in [6.45, 7) is 2.90. The van der Waals surface area contributed by atoms with Gasteiger partial charge in [0.05, 0.1) is 12.7 Å². The van der Waals surface area contributed by atoms with Gasteiger partial charge in [-0.3, -0.25) is 0 Å². The summed E-state index contributed by atoms with van der Waals surface area (Å²) < 4.78 is 5.73. The molecule has 0 aliphatic carbocycles. The number of hydrogen-bond donors (Lipinski definition) is 1. The zero-order valence-corrected chi connectivity index (χ0v) is 8.57. The Morgan fingerprint density at radius 2 is 2.29 bits per heavy atom. The molecule has 0 saturated carbocycles. The fourth-order valence-corrected chi connectivity index (χ4v) is 1.99. The Bertz CT molecular complexity index is 311. The van der Waals surface area contributed by atoms with Gasteiger partial charge in [0.25, 0.3) is 0 Å². The lowest BCUT2D eigenvalue weighted by atomic mass is 9.93. The number of ether oxygens (including phenoxy) is 1. The van der Waals surface area contributed by atoms with Crippen molar-refractivity contribution in [2.45, 2.75) is 31.9 Å². The van der Waals surface area contributed by atoms with Crippen molar-refractivity contribution >= 4 is 0 Å². The van der Waals surface area contributed by atoms with Crippen LogP contribution in [0, 0.1) is 0 Å². The lowest BCUT2D eigenvalue weighted by molar-refractivity contribution is 0.0238. The zero-order chi connectivity index (χ0) is 9.97. The van der Waals surface area contributed by atoms with Crippen molar-refractivity contribution in [3.63, 3.8) is 0 Å². The van der Waals surface area contributed by atoms with Crippen LogP contribution in [0.3, 0.4) is 0 Å². The Kier molecular flexibility index (Phi) is 2.85. The minimum atomic E-state index is 0.102. The minimum Gasteiger partial charge on any atom is -0.372 e. The molecule has 1 aromatic rings. The van der Waals surface area contributed by atoms with Gasteiger partial charge in [0.15, 0.2) is 0 Å². The second-order valence-electron chi connectivity index (χ2n) is 3.81. The third-order valence-corrected chi connectivity index (χ3v) is 2.89. The Labute approximate surface area is 85.1 Å². The molecule has 0 bridgehead atoms. The quantitative estimate of drug-likeness (QED) is 0.776. The predicted molar refractivity (Wildman–Crippen MR) is 57.1 cm³/mol. The Morgan fingerprint density at radius 1 is 1.50 bits per heavy atom. The van der Waals surface area contributed by atoms with E-state index < -0.39 is 0 Å². The number of benzene rings is 1. The first-order valence-corrected chi connectivity index (χ1v) is 5.28. The lowest BCUT2D eigenvalue weighted by Gasteiger charge is -2.29. The third kappa shape index (κ3) is 1.68. The van der Waals surface area contributed by atoms with E-state index in [2.05, 4.69) is 31.2 Å². The maximum absolute atomic E-state index is 6.04. The van der Waals surface area contributed by atoms with Crippen molar-refractivity contribution in [2.75, 3.05) is 6.61 Å². The Hall–Kier alpha value is -0.860. The number of fused-ring (bicyclic) bond motifs is 1. The molecule has 1 aromatic carbocycles. The summed E-state index contributed by atoms with van der Waals surface area (Å²) in [4.78, 5) is 0. The van der Waals surface area contributed by atoms with E-state index in [4.69, 9.17) is 10.5 Å². The lowest BCUT2D eigenvalue weighted by Crippen LogP contribution is -2.33. The van der Waals surface area contributed by atoms with E-state index in [9.17, 15) is 0 Å². The summed E-state index contributed by atoms with van der Waals surface area (Å²) in [5.41, 5.74) is 8.72. The fourth-order valence-electron chi connectivity index (χ4n) is 1.99. The highest BCUT2D eigenvalue weighted by Gasteiger charge is 2.24. The van der Waals surface area contributed by atoms with Gasteiger partial charge < -0.3 is 10.5 Å². The van der Waals surface area contributed by atoms with Gasteiger partial charge in [-0.05, 0) is 24.0 Å². The molecule has 2 rings (SSSR count). The first-order valence-electron chi connectivity index (χ1n) is 5.28. The van der Waals surface area contributed by atoms with Crippen molar-refractivity contribution in [1.29, 1.82) is 0 Å². The van der Waals surface area contributed by atoms with E-state index in [0.717, 1.165) is 19.4 Å². The average molecular weight is 191 g/mol. The van der Waals surface area contributed by atoms with Gasteiger partial charge in [0, 0.05) is 6.04 Å². The van der Waals surface area contributed by atoms with Gasteiger partial charge in [0.2, 0.25) is 0 Å². The van der Waals surface area contributed by atoms with Gasteiger partial charge in [-0.15, -0.1) is 0 Å². The molecule has 2 heteroatoms. The molecule has 1 aliphatic heterocycles. The summed E-state index contributed by atoms with van der Waals surface area (Å²) in [5.74, 6) is 0. The SMILES string of the molecule is CCC(N)C1OCCc2ccccc21.